The highest BCUT2D eigenvalue weighted by Crippen LogP contribution is 2.32. The van der Waals surface area contributed by atoms with Crippen LogP contribution in [0.2, 0.25) is 0 Å². The van der Waals surface area contributed by atoms with E-state index in [0.29, 0.717) is 23.4 Å². The number of fused-ring (bicyclic) bond motifs is 1. The van der Waals surface area contributed by atoms with E-state index in [1.54, 1.807) is 0 Å². The van der Waals surface area contributed by atoms with Crippen LogP contribution in [0.3, 0.4) is 0 Å². The summed E-state index contributed by atoms with van der Waals surface area (Å²) in [5.74, 6) is 0.551. The summed E-state index contributed by atoms with van der Waals surface area (Å²) < 4.78 is 7.06. The minimum Gasteiger partial charge on any atom is -0.394 e. The van der Waals surface area contributed by atoms with Crippen LogP contribution in [-0.2, 0) is 4.74 Å². The van der Waals surface area contributed by atoms with Gasteiger partial charge >= 0.3 is 0 Å². The van der Waals surface area contributed by atoms with Crippen molar-refractivity contribution in [2.75, 3.05) is 11.9 Å². The molecule has 0 radical (unpaired) electrons. The Labute approximate surface area is 143 Å². The molecule has 1 saturated carbocycles. The quantitative estimate of drug-likeness (QED) is 0.456. The molecule has 0 unspecified atom stereocenters. The third-order valence-electron chi connectivity index (χ3n) is 4.90. The average Bonchev–Trinajstić information content (AvgIpc) is 3.28. The molecular weight excluding hydrogens is 330 g/mol. The second kappa shape index (κ2) is 6.46. The molecule has 10 heteroatoms. The predicted octanol–water partition coefficient (Wildman–Crippen LogP) is -1.24. The van der Waals surface area contributed by atoms with E-state index >= 15 is 0 Å². The molecule has 1 aliphatic carbocycles. The first kappa shape index (κ1) is 16.6. The van der Waals surface area contributed by atoms with Gasteiger partial charge in [-0.3, -0.25) is 4.57 Å². The summed E-state index contributed by atoms with van der Waals surface area (Å²) in [6.07, 6.45) is 0.657. The smallest absolute Gasteiger partial charge is 0.167 e. The van der Waals surface area contributed by atoms with Crippen molar-refractivity contribution in [3.05, 3.63) is 12.7 Å². The number of imidazole rings is 1. The maximum Gasteiger partial charge on any atom is 0.167 e. The summed E-state index contributed by atoms with van der Waals surface area (Å²) in [6, 6.07) is 0.118. The van der Waals surface area contributed by atoms with Crippen molar-refractivity contribution in [2.24, 2.45) is 0 Å². The Morgan fingerprint density at radius 2 is 2.00 bits per heavy atom. The number of nitrogens with one attached hydrogen (secondary N) is 1. The molecule has 10 nitrogen and oxygen atoms in total. The van der Waals surface area contributed by atoms with Gasteiger partial charge in [-0.15, -0.1) is 0 Å². The zero-order valence-electron chi connectivity index (χ0n) is 13.4. The fourth-order valence-electron chi connectivity index (χ4n) is 3.54. The van der Waals surface area contributed by atoms with E-state index in [4.69, 9.17) is 4.74 Å². The summed E-state index contributed by atoms with van der Waals surface area (Å²) in [7, 11) is 0. The van der Waals surface area contributed by atoms with Gasteiger partial charge in [0.15, 0.2) is 23.2 Å². The molecule has 0 amide bonds. The second-order valence-electron chi connectivity index (χ2n) is 6.58. The van der Waals surface area contributed by atoms with Crippen LogP contribution in [0.5, 0.6) is 0 Å². The van der Waals surface area contributed by atoms with Crippen LogP contribution in [0.1, 0.15) is 25.5 Å². The molecule has 2 fully saturated rings. The molecule has 0 bridgehead atoms. The van der Waals surface area contributed by atoms with E-state index in [1.165, 1.54) is 17.2 Å². The van der Waals surface area contributed by atoms with Gasteiger partial charge in [0, 0.05) is 6.04 Å². The van der Waals surface area contributed by atoms with E-state index in [-0.39, 0.29) is 12.1 Å². The molecule has 5 N–H and O–H groups in total. The number of aliphatic hydroxyl groups is 4. The number of rotatable bonds is 4. The topological polar surface area (TPSA) is 146 Å². The lowest BCUT2D eigenvalue weighted by atomic mass is 10.1. The third kappa shape index (κ3) is 2.85. The zero-order valence-corrected chi connectivity index (χ0v) is 13.4. The van der Waals surface area contributed by atoms with E-state index in [2.05, 4.69) is 20.3 Å². The lowest BCUT2D eigenvalue weighted by Crippen LogP contribution is -2.33. The van der Waals surface area contributed by atoms with Crippen molar-refractivity contribution in [3.63, 3.8) is 0 Å². The molecule has 136 valence electrons. The fourth-order valence-corrected chi connectivity index (χ4v) is 3.54. The van der Waals surface area contributed by atoms with Gasteiger partial charge in [-0.05, 0) is 19.3 Å². The molecule has 25 heavy (non-hydrogen) atoms. The van der Waals surface area contributed by atoms with Gasteiger partial charge in [0.2, 0.25) is 0 Å². The minimum absolute atomic E-state index is 0.118. The Hall–Kier alpha value is -1.85. The summed E-state index contributed by atoms with van der Waals surface area (Å²) in [5.41, 5.74) is 0.965. The van der Waals surface area contributed by atoms with Gasteiger partial charge in [-0.1, -0.05) is 0 Å². The zero-order chi connectivity index (χ0) is 17.6. The molecule has 6 atom stereocenters. The first-order valence-electron chi connectivity index (χ1n) is 8.33. The van der Waals surface area contributed by atoms with E-state index < -0.39 is 31.1 Å². The normalized spacial score (nSPS) is 35.5. The van der Waals surface area contributed by atoms with E-state index in [9.17, 15) is 20.4 Å². The van der Waals surface area contributed by atoms with Gasteiger partial charge in [0.25, 0.3) is 0 Å². The molecule has 3 heterocycles. The number of hydrogen-bond acceptors (Lipinski definition) is 9. The molecule has 2 aromatic rings. The Morgan fingerprint density at radius 3 is 2.68 bits per heavy atom. The lowest BCUT2D eigenvalue weighted by molar-refractivity contribution is -0.0511. The Bertz CT molecular complexity index is 755. The van der Waals surface area contributed by atoms with Gasteiger partial charge in [-0.25, -0.2) is 15.0 Å². The summed E-state index contributed by atoms with van der Waals surface area (Å²) >= 11 is 0. The molecule has 4 rings (SSSR count). The van der Waals surface area contributed by atoms with Crippen LogP contribution >= 0.6 is 0 Å². The molecule has 2 aliphatic rings. The van der Waals surface area contributed by atoms with Gasteiger partial charge < -0.3 is 30.5 Å². The summed E-state index contributed by atoms with van der Waals surface area (Å²) in [6.45, 7) is -0.396. The standard InChI is InChI=1S/C15H21N5O5/c21-4-9-11(23)12(24)15(25-9)20-6-18-10-13(16-5-17-14(10)20)19-7-1-2-8(22)3-7/h5-9,11-12,15,21-24H,1-4H2,(H,16,17,19)/t7-,8+,9-,11-,12-,15-/m1/s1. The number of hydrogen-bond donors (Lipinski definition) is 5. The van der Waals surface area contributed by atoms with Crippen molar-refractivity contribution in [1.29, 1.82) is 0 Å². The highest BCUT2D eigenvalue weighted by atomic mass is 16.6. The molecular formula is C15H21N5O5. The third-order valence-corrected chi connectivity index (χ3v) is 4.90. The maximum absolute atomic E-state index is 10.2. The highest BCUT2D eigenvalue weighted by molar-refractivity contribution is 5.82. The largest absolute Gasteiger partial charge is 0.394 e. The SMILES string of the molecule is OC[C@H]1O[C@@H](n2cnc3c(N[C@@H]4CC[C@H](O)C4)ncnc32)[C@H](O)[C@@H]1O. The number of aromatic nitrogens is 4. The minimum atomic E-state index is -1.20. The number of ether oxygens (including phenoxy) is 1. The van der Waals surface area contributed by atoms with E-state index in [0.717, 1.165) is 12.8 Å². The Balaban J connectivity index is 1.63. The van der Waals surface area contributed by atoms with Crippen molar-refractivity contribution in [3.8, 4) is 0 Å². The number of aliphatic hydroxyl groups excluding tert-OH is 4. The predicted molar refractivity (Wildman–Crippen MR) is 85.6 cm³/mol. The van der Waals surface area contributed by atoms with Crippen molar-refractivity contribution in [2.45, 2.75) is 55.9 Å². The van der Waals surface area contributed by atoms with Crippen molar-refractivity contribution < 1.29 is 25.2 Å². The van der Waals surface area contributed by atoms with Crippen molar-refractivity contribution >= 4 is 17.0 Å². The van der Waals surface area contributed by atoms with Crippen LogP contribution < -0.4 is 5.32 Å². The van der Waals surface area contributed by atoms with Gasteiger partial charge in [0.1, 0.15) is 24.6 Å². The molecule has 0 aromatic carbocycles. The maximum atomic E-state index is 10.2. The number of nitrogens with zero attached hydrogens (tertiary/aromatic N) is 4. The van der Waals surface area contributed by atoms with Crippen LogP contribution in [-0.4, -0.2) is 77.0 Å². The van der Waals surface area contributed by atoms with Crippen LogP contribution in [0, 0.1) is 0 Å². The Kier molecular flexibility index (Phi) is 4.29. The Morgan fingerprint density at radius 1 is 1.16 bits per heavy atom. The number of anilines is 1. The van der Waals surface area contributed by atoms with Crippen LogP contribution in [0.15, 0.2) is 12.7 Å². The summed E-state index contributed by atoms with van der Waals surface area (Å²) in [5, 5.41) is 42.3. The first-order valence-corrected chi connectivity index (χ1v) is 8.33. The second-order valence-corrected chi connectivity index (χ2v) is 6.58. The van der Waals surface area contributed by atoms with Crippen LogP contribution in [0.25, 0.3) is 11.2 Å². The first-order chi connectivity index (χ1) is 12.1. The van der Waals surface area contributed by atoms with Gasteiger partial charge in [0.05, 0.1) is 19.0 Å². The van der Waals surface area contributed by atoms with Crippen molar-refractivity contribution in [1.82, 2.24) is 19.5 Å². The molecule has 1 aliphatic heterocycles. The monoisotopic (exact) mass is 351 g/mol. The van der Waals surface area contributed by atoms with E-state index in [1.807, 2.05) is 0 Å². The van der Waals surface area contributed by atoms with Crippen LogP contribution in [0.4, 0.5) is 5.82 Å². The van der Waals surface area contributed by atoms with Gasteiger partial charge in [-0.2, -0.15) is 0 Å². The average molecular weight is 351 g/mol. The highest BCUT2D eigenvalue weighted by Gasteiger charge is 2.44. The molecule has 2 aromatic heterocycles. The summed E-state index contributed by atoms with van der Waals surface area (Å²) in [4.78, 5) is 12.8. The molecule has 1 saturated heterocycles. The molecule has 0 spiro atoms. The lowest BCUT2D eigenvalue weighted by Gasteiger charge is -2.17. The fraction of sp³-hybridized carbons (Fsp3) is 0.667.